The van der Waals surface area contributed by atoms with Crippen LogP contribution in [0.2, 0.25) is 0 Å². The predicted molar refractivity (Wildman–Crippen MR) is 71.6 cm³/mol. The number of carbonyl (C=O) groups excluding carboxylic acids is 2. The summed E-state index contributed by atoms with van der Waals surface area (Å²) in [6.07, 6.45) is 0. The second-order valence-corrected chi connectivity index (χ2v) is 6.94. The standard InChI is InChI=1S/C14H26O5/c1-13(2,3)9-17-7-11(15)18-8-12(16)19-10-14(4,5)6/h7-10H2,1-6H3. The molecule has 19 heavy (non-hydrogen) atoms. The van der Waals surface area contributed by atoms with Crippen molar-refractivity contribution < 1.29 is 23.8 Å². The van der Waals surface area contributed by atoms with Crippen molar-refractivity contribution in [3.05, 3.63) is 0 Å². The van der Waals surface area contributed by atoms with E-state index in [2.05, 4.69) is 0 Å². The summed E-state index contributed by atoms with van der Waals surface area (Å²) < 4.78 is 14.9. The van der Waals surface area contributed by atoms with E-state index in [9.17, 15) is 9.59 Å². The van der Waals surface area contributed by atoms with Crippen LogP contribution in [0.25, 0.3) is 0 Å². The molecule has 0 fully saturated rings. The van der Waals surface area contributed by atoms with Crippen molar-refractivity contribution in [1.29, 1.82) is 0 Å². The topological polar surface area (TPSA) is 61.8 Å². The van der Waals surface area contributed by atoms with Crippen molar-refractivity contribution in [3.8, 4) is 0 Å². The third-order valence-electron chi connectivity index (χ3n) is 1.77. The van der Waals surface area contributed by atoms with Crippen LogP contribution in [-0.2, 0) is 23.8 Å². The van der Waals surface area contributed by atoms with E-state index in [0.29, 0.717) is 13.2 Å². The van der Waals surface area contributed by atoms with Gasteiger partial charge in [0.05, 0.1) is 13.2 Å². The van der Waals surface area contributed by atoms with Crippen molar-refractivity contribution in [2.24, 2.45) is 10.8 Å². The summed E-state index contributed by atoms with van der Waals surface area (Å²) in [5.41, 5.74) is -0.110. The Kier molecular flexibility index (Phi) is 7.05. The molecule has 0 rings (SSSR count). The lowest BCUT2D eigenvalue weighted by atomic mass is 9.99. The summed E-state index contributed by atoms with van der Waals surface area (Å²) >= 11 is 0. The van der Waals surface area contributed by atoms with E-state index >= 15 is 0 Å². The van der Waals surface area contributed by atoms with Gasteiger partial charge in [0.1, 0.15) is 6.61 Å². The smallest absolute Gasteiger partial charge is 0.344 e. The summed E-state index contributed by atoms with van der Waals surface area (Å²) in [5.74, 6) is -1.10. The maximum absolute atomic E-state index is 11.3. The van der Waals surface area contributed by atoms with Crippen LogP contribution in [0.15, 0.2) is 0 Å². The van der Waals surface area contributed by atoms with E-state index in [0.717, 1.165) is 0 Å². The molecule has 0 spiro atoms. The fraction of sp³-hybridized carbons (Fsp3) is 0.857. The third-order valence-corrected chi connectivity index (χ3v) is 1.77. The van der Waals surface area contributed by atoms with Gasteiger partial charge in [0.25, 0.3) is 0 Å². The van der Waals surface area contributed by atoms with Gasteiger partial charge >= 0.3 is 11.9 Å². The summed E-state index contributed by atoms with van der Waals surface area (Å²) in [6, 6.07) is 0. The minimum atomic E-state index is -0.558. The molecule has 0 aliphatic rings. The van der Waals surface area contributed by atoms with Crippen molar-refractivity contribution >= 4 is 11.9 Å². The zero-order valence-corrected chi connectivity index (χ0v) is 12.9. The number of hydrogen-bond donors (Lipinski definition) is 0. The average molecular weight is 274 g/mol. The van der Waals surface area contributed by atoms with Crippen LogP contribution in [0.1, 0.15) is 41.5 Å². The monoisotopic (exact) mass is 274 g/mol. The quantitative estimate of drug-likeness (QED) is 0.695. The number of esters is 2. The molecule has 0 aromatic rings. The van der Waals surface area contributed by atoms with Crippen molar-refractivity contribution in [3.63, 3.8) is 0 Å². The Balaban J connectivity index is 3.70. The summed E-state index contributed by atoms with van der Waals surface area (Å²) in [6.45, 7) is 12.1. The van der Waals surface area contributed by atoms with Crippen LogP contribution in [0.5, 0.6) is 0 Å². The highest BCUT2D eigenvalue weighted by atomic mass is 16.6. The lowest BCUT2D eigenvalue weighted by Crippen LogP contribution is -2.24. The first-order valence-corrected chi connectivity index (χ1v) is 6.39. The van der Waals surface area contributed by atoms with Crippen molar-refractivity contribution in [1.82, 2.24) is 0 Å². The molecule has 0 heterocycles. The highest BCUT2D eigenvalue weighted by Gasteiger charge is 2.16. The van der Waals surface area contributed by atoms with Crippen LogP contribution >= 0.6 is 0 Å². The molecular weight excluding hydrogens is 248 g/mol. The second-order valence-electron chi connectivity index (χ2n) is 6.94. The molecule has 112 valence electrons. The first-order chi connectivity index (χ1) is 8.49. The third kappa shape index (κ3) is 13.1. The fourth-order valence-electron chi connectivity index (χ4n) is 0.960. The highest BCUT2D eigenvalue weighted by molar-refractivity contribution is 5.76. The molecule has 0 radical (unpaired) electrons. The first-order valence-electron chi connectivity index (χ1n) is 6.39. The number of hydrogen-bond acceptors (Lipinski definition) is 5. The van der Waals surface area contributed by atoms with Gasteiger partial charge in [-0.2, -0.15) is 0 Å². The Bertz CT molecular complexity index is 296. The van der Waals surface area contributed by atoms with Crippen LogP contribution in [0, 0.1) is 10.8 Å². The Morgan fingerprint density at radius 1 is 0.737 bits per heavy atom. The number of ether oxygens (including phenoxy) is 3. The minimum absolute atomic E-state index is 0.00802. The molecule has 0 aromatic carbocycles. The summed E-state index contributed by atoms with van der Waals surface area (Å²) in [5, 5.41) is 0. The molecule has 5 heteroatoms. The summed E-state index contributed by atoms with van der Waals surface area (Å²) in [7, 11) is 0. The Morgan fingerprint density at radius 2 is 1.21 bits per heavy atom. The lowest BCUT2D eigenvalue weighted by Gasteiger charge is -2.18. The van der Waals surface area contributed by atoms with Crippen molar-refractivity contribution in [2.45, 2.75) is 41.5 Å². The number of rotatable bonds is 6. The molecule has 0 N–H and O–H groups in total. The van der Waals surface area contributed by atoms with E-state index in [4.69, 9.17) is 14.2 Å². The van der Waals surface area contributed by atoms with Gasteiger partial charge in [0.2, 0.25) is 0 Å². The molecule has 0 atom stereocenters. The molecular formula is C14H26O5. The van der Waals surface area contributed by atoms with Gasteiger partial charge in [-0.05, 0) is 10.8 Å². The molecule has 5 nitrogen and oxygen atoms in total. The zero-order chi connectivity index (χ0) is 15.1. The van der Waals surface area contributed by atoms with Crippen LogP contribution in [0.4, 0.5) is 0 Å². The molecule has 0 aliphatic carbocycles. The van der Waals surface area contributed by atoms with Gasteiger partial charge < -0.3 is 14.2 Å². The Hall–Kier alpha value is -1.10. The molecule has 0 aliphatic heterocycles. The van der Waals surface area contributed by atoms with E-state index in [1.54, 1.807) is 0 Å². The number of carbonyl (C=O) groups is 2. The van der Waals surface area contributed by atoms with Crippen LogP contribution < -0.4 is 0 Å². The normalized spacial score (nSPS) is 12.1. The summed E-state index contributed by atoms with van der Waals surface area (Å²) in [4.78, 5) is 22.6. The van der Waals surface area contributed by atoms with E-state index in [1.807, 2.05) is 41.5 Å². The molecule has 0 saturated heterocycles. The SMILES string of the molecule is CC(C)(C)COCC(=O)OCC(=O)OCC(C)(C)C. The molecule has 0 unspecified atom stereocenters. The average Bonchev–Trinajstić information content (AvgIpc) is 2.20. The molecule has 0 bridgehead atoms. The maximum Gasteiger partial charge on any atom is 0.344 e. The fourth-order valence-corrected chi connectivity index (χ4v) is 0.960. The Labute approximate surface area is 115 Å². The predicted octanol–water partition coefficient (Wildman–Crippen LogP) is 2.18. The lowest BCUT2D eigenvalue weighted by molar-refractivity contribution is -0.163. The Morgan fingerprint density at radius 3 is 1.68 bits per heavy atom. The second kappa shape index (κ2) is 7.48. The van der Waals surface area contributed by atoms with Gasteiger partial charge in [-0.25, -0.2) is 9.59 Å². The van der Waals surface area contributed by atoms with Crippen LogP contribution in [-0.4, -0.2) is 38.4 Å². The molecule has 0 aromatic heterocycles. The van der Waals surface area contributed by atoms with Gasteiger partial charge in [0.15, 0.2) is 6.61 Å². The van der Waals surface area contributed by atoms with E-state index < -0.39 is 11.9 Å². The largest absolute Gasteiger partial charge is 0.463 e. The highest BCUT2D eigenvalue weighted by Crippen LogP contribution is 2.13. The van der Waals surface area contributed by atoms with Gasteiger partial charge in [0, 0.05) is 0 Å². The van der Waals surface area contributed by atoms with Gasteiger partial charge in [-0.1, -0.05) is 41.5 Å². The van der Waals surface area contributed by atoms with E-state index in [-0.39, 0.29) is 24.0 Å². The zero-order valence-electron chi connectivity index (χ0n) is 12.9. The van der Waals surface area contributed by atoms with Gasteiger partial charge in [-0.15, -0.1) is 0 Å². The first kappa shape index (κ1) is 17.9. The van der Waals surface area contributed by atoms with Crippen molar-refractivity contribution in [2.75, 3.05) is 26.4 Å². The molecule has 0 saturated carbocycles. The van der Waals surface area contributed by atoms with E-state index in [1.165, 1.54) is 0 Å². The molecule has 0 amide bonds. The van der Waals surface area contributed by atoms with Gasteiger partial charge in [-0.3, -0.25) is 0 Å². The minimum Gasteiger partial charge on any atom is -0.463 e. The maximum atomic E-state index is 11.3. The van der Waals surface area contributed by atoms with Crippen LogP contribution in [0.3, 0.4) is 0 Å².